The van der Waals surface area contributed by atoms with Gasteiger partial charge in [-0.2, -0.15) is 15.0 Å². The van der Waals surface area contributed by atoms with E-state index in [-0.39, 0.29) is 59.3 Å². The van der Waals surface area contributed by atoms with Gasteiger partial charge in [0.2, 0.25) is 34.1 Å². The normalized spacial score (nSPS) is 14.5. The maximum Gasteiger partial charge on any atom is 0.343 e. The van der Waals surface area contributed by atoms with E-state index in [1.54, 1.807) is 52.8 Å². The van der Waals surface area contributed by atoms with Gasteiger partial charge in [-0.1, -0.05) is 18.2 Å². The molecule has 3 aliphatic carbocycles. The van der Waals surface area contributed by atoms with Crippen LogP contribution in [0.25, 0.3) is 50.2 Å². The van der Waals surface area contributed by atoms with E-state index in [0.717, 1.165) is 150 Å². The van der Waals surface area contributed by atoms with Crippen molar-refractivity contribution in [2.75, 3.05) is 132 Å². The number of ether oxygens (including phenoxy) is 5. The molecule has 2 saturated heterocycles. The molecule has 0 bridgehead atoms. The number of nitrogens with one attached hydrogen (secondary N) is 3. The lowest BCUT2D eigenvalue weighted by Crippen LogP contribution is -2.44. The van der Waals surface area contributed by atoms with Gasteiger partial charge in [0.05, 0.1) is 49.2 Å². The van der Waals surface area contributed by atoms with Crippen molar-refractivity contribution in [1.82, 2.24) is 53.4 Å². The van der Waals surface area contributed by atoms with E-state index in [0.29, 0.717) is 47.1 Å². The van der Waals surface area contributed by atoms with Crippen LogP contribution >= 0.6 is 0 Å². The van der Waals surface area contributed by atoms with Gasteiger partial charge in [0.25, 0.3) is 0 Å². The molecule has 17 rings (SSSR count). The van der Waals surface area contributed by atoms with Crippen molar-refractivity contribution in [1.29, 1.82) is 0 Å². The Labute approximate surface area is 675 Å². The largest absolute Gasteiger partial charge is 0.491 e. The van der Waals surface area contributed by atoms with Crippen LogP contribution in [-0.4, -0.2) is 189 Å². The van der Waals surface area contributed by atoms with Crippen molar-refractivity contribution in [2.45, 2.75) is 84.7 Å². The summed E-state index contributed by atoms with van der Waals surface area (Å²) in [4.78, 5) is 114. The van der Waals surface area contributed by atoms with Crippen LogP contribution in [-0.2, 0) is 57.5 Å². The maximum absolute atomic E-state index is 13.3. The number of hydrogen-bond donors (Lipinski definition) is 4. The molecule has 12 aromatic rings. The molecular formula is C89H94N16O12. The molecule has 602 valence electrons. The van der Waals surface area contributed by atoms with Crippen molar-refractivity contribution in [3.8, 4) is 22.8 Å². The number of rotatable bonds is 22. The van der Waals surface area contributed by atoms with Crippen molar-refractivity contribution < 1.29 is 43.2 Å². The number of esters is 3. The molecule has 6 aromatic carbocycles. The molecule has 28 heteroatoms. The number of pyridine rings is 3. The number of aromatic nitrogens is 9. The molecule has 0 amide bonds. The van der Waals surface area contributed by atoms with Crippen LogP contribution in [0.1, 0.15) is 104 Å². The molecule has 2 fully saturated rings. The highest BCUT2D eigenvalue weighted by atomic mass is 16.5. The SMILES string of the molecule is CCOC(=O)c1cn(-c2ccc3c(c2)CCC3)c2nc(Nc3ccc(N4CCN(C)CC4)cc3)ncc2c1=O.CCOC(=O)c1cn(-c2ccc3c(c2)CCC3)c2nc(Nc3ccc(N4CCOCC4)cc3)ncc2c1=O.CCOC(=O)c1cn(-c2ccc3c(c2)CCC3)c2nc(Nc3ccc(OCC(O)CN(C)C)cc3)ncc2c1=O. The van der Waals surface area contributed by atoms with Gasteiger partial charge in [0.15, 0.2) is 16.9 Å². The fraction of sp³-hybridized carbons (Fsp3) is 0.326. The lowest BCUT2D eigenvalue weighted by molar-refractivity contribution is 0.0514. The minimum atomic E-state index is -0.678. The summed E-state index contributed by atoms with van der Waals surface area (Å²) in [6, 6.07) is 42.1. The third kappa shape index (κ3) is 18.2. The van der Waals surface area contributed by atoms with E-state index in [9.17, 15) is 33.9 Å². The second-order valence-corrected chi connectivity index (χ2v) is 29.7. The number of aliphatic hydroxyl groups excluding tert-OH is 1. The summed E-state index contributed by atoms with van der Waals surface area (Å²) in [5.41, 5.74) is 14.7. The first-order valence-corrected chi connectivity index (χ1v) is 39.9. The van der Waals surface area contributed by atoms with Gasteiger partial charge in [-0.25, -0.2) is 29.3 Å². The fourth-order valence-electron chi connectivity index (χ4n) is 15.4. The van der Waals surface area contributed by atoms with Gasteiger partial charge in [-0.3, -0.25) is 14.4 Å². The number of nitrogens with zero attached hydrogens (tertiary/aromatic N) is 13. The van der Waals surface area contributed by atoms with Crippen LogP contribution in [0.15, 0.2) is 179 Å². The van der Waals surface area contributed by atoms with Gasteiger partial charge in [0, 0.05) is 128 Å². The summed E-state index contributed by atoms with van der Waals surface area (Å²) in [7, 11) is 5.93. The fourth-order valence-corrected chi connectivity index (χ4v) is 15.4. The van der Waals surface area contributed by atoms with Crippen LogP contribution in [0.5, 0.6) is 5.75 Å². The van der Waals surface area contributed by atoms with Crippen molar-refractivity contribution >= 4 is 97.3 Å². The predicted molar refractivity (Wildman–Crippen MR) is 451 cm³/mol. The molecule has 0 saturated carbocycles. The maximum atomic E-state index is 13.3. The van der Waals surface area contributed by atoms with E-state index in [1.807, 2.05) is 73.6 Å². The smallest absolute Gasteiger partial charge is 0.343 e. The minimum Gasteiger partial charge on any atom is -0.491 e. The topological polar surface area (TPSA) is 310 Å². The zero-order chi connectivity index (χ0) is 81.2. The average molecular weight is 1580 g/mol. The van der Waals surface area contributed by atoms with E-state index in [4.69, 9.17) is 33.7 Å². The second-order valence-electron chi connectivity index (χ2n) is 29.7. The highest BCUT2D eigenvalue weighted by Crippen LogP contribution is 2.32. The van der Waals surface area contributed by atoms with Crippen LogP contribution in [0.4, 0.5) is 46.3 Å². The summed E-state index contributed by atoms with van der Waals surface area (Å²) in [6.45, 7) is 13.7. The Hall–Kier alpha value is -12.8. The number of fused-ring (bicyclic) bond motifs is 6. The zero-order valence-electron chi connectivity index (χ0n) is 66.5. The number of aryl methyl sites for hydroxylation is 6. The third-order valence-corrected chi connectivity index (χ3v) is 21.4. The van der Waals surface area contributed by atoms with Gasteiger partial charge >= 0.3 is 17.9 Å². The van der Waals surface area contributed by atoms with Gasteiger partial charge in [-0.05, 0) is 242 Å². The Bertz CT molecular complexity index is 5860. The molecule has 1 unspecified atom stereocenters. The van der Waals surface area contributed by atoms with Crippen molar-refractivity contribution in [2.24, 2.45) is 0 Å². The Morgan fingerprint density at radius 3 is 1.14 bits per heavy atom. The van der Waals surface area contributed by atoms with Crippen molar-refractivity contribution in [3.05, 3.63) is 245 Å². The number of hydrogen-bond acceptors (Lipinski definition) is 25. The molecule has 5 aliphatic rings. The van der Waals surface area contributed by atoms with Gasteiger partial charge in [0.1, 0.15) is 35.2 Å². The lowest BCUT2D eigenvalue weighted by Gasteiger charge is -2.34. The standard InChI is InChI=1S/C30H32N6O3.C30H33N5O5.C29H29N5O4/c1-3-39-29(38)26-19-36(24-10-7-20-5-4-6-21(20)17-24)28-25(27(26)37)18-31-30(33-28)32-22-8-11-23(12-9-22)35-15-13-34(2)14-16-35;1-4-39-29(38)26-17-35(22-11-8-19-6-5-7-20(19)14-22)28-25(27(26)37)15-31-30(33-28)32-21-9-12-24(13-10-21)40-18-23(36)16-34(2)3;1-2-38-28(36)25-18-34(23-9-6-19-4-3-5-20(19)16-23)27-24(26(25)35)17-30-29(32-27)31-21-7-10-22(11-8-21)33-12-14-37-15-13-33/h7-12,17-19H,3-6,13-16H2,1-2H3,(H,31,32,33);8-15,17,23,36H,4-7,16,18H2,1-3H3,(H,31,32,33);6-11,16-18H,2-5,12-15H2,1H3,(H,30,31,32). The molecular weight excluding hydrogens is 1490 g/mol. The highest BCUT2D eigenvalue weighted by molar-refractivity contribution is 5.96. The summed E-state index contributed by atoms with van der Waals surface area (Å²) in [5, 5.41) is 20.4. The molecule has 8 heterocycles. The Morgan fingerprint density at radius 1 is 0.453 bits per heavy atom. The first-order valence-electron chi connectivity index (χ1n) is 39.9. The highest BCUT2D eigenvalue weighted by Gasteiger charge is 2.26. The number of benzene rings is 6. The monoisotopic (exact) mass is 1580 g/mol. The quantitative estimate of drug-likeness (QED) is 0.0362. The summed E-state index contributed by atoms with van der Waals surface area (Å²) >= 11 is 0. The van der Waals surface area contributed by atoms with Crippen LogP contribution < -0.4 is 46.8 Å². The van der Waals surface area contributed by atoms with E-state index >= 15 is 0 Å². The Morgan fingerprint density at radius 2 is 0.786 bits per heavy atom. The minimum absolute atomic E-state index is 0.0337. The first-order chi connectivity index (χ1) is 56.9. The molecule has 1 atom stereocenters. The lowest BCUT2D eigenvalue weighted by atomic mass is 10.1. The molecule has 4 N–H and O–H groups in total. The zero-order valence-corrected chi connectivity index (χ0v) is 66.5. The number of carbonyl (C=O) groups excluding carboxylic acids is 3. The molecule has 6 aromatic heterocycles. The molecule has 28 nitrogen and oxygen atoms in total. The summed E-state index contributed by atoms with van der Waals surface area (Å²) in [5.74, 6) is -0.342. The van der Waals surface area contributed by atoms with Crippen LogP contribution in [0, 0.1) is 0 Å². The van der Waals surface area contributed by atoms with E-state index in [2.05, 4.69) is 118 Å². The average Bonchev–Trinajstić information content (AvgIpc) is 1.42. The van der Waals surface area contributed by atoms with Gasteiger partial charge < -0.3 is 78.0 Å². The van der Waals surface area contributed by atoms with Crippen LogP contribution in [0.2, 0.25) is 0 Å². The number of piperazine rings is 1. The molecule has 2 aliphatic heterocycles. The molecule has 117 heavy (non-hydrogen) atoms. The Kier molecular flexibility index (Phi) is 24.4. The second kappa shape index (κ2) is 36.0. The van der Waals surface area contributed by atoms with E-state index < -0.39 is 40.3 Å². The number of likely N-dealkylation sites (N-methyl/N-ethyl adjacent to an activating group) is 2. The summed E-state index contributed by atoms with van der Waals surface area (Å²) in [6.07, 6.45) is 17.9. The Balaban J connectivity index is 0.000000138. The molecule has 0 spiro atoms. The number of carbonyl (C=O) groups is 3. The van der Waals surface area contributed by atoms with Gasteiger partial charge in [-0.15, -0.1) is 0 Å². The predicted octanol–water partition coefficient (Wildman–Crippen LogP) is 11.5. The number of morpholine rings is 1. The van der Waals surface area contributed by atoms with E-state index in [1.165, 1.54) is 70.1 Å². The van der Waals surface area contributed by atoms with Crippen molar-refractivity contribution in [3.63, 3.8) is 0 Å². The van der Waals surface area contributed by atoms with Crippen LogP contribution in [0.3, 0.4) is 0 Å². The summed E-state index contributed by atoms with van der Waals surface area (Å²) < 4.78 is 31.9. The third-order valence-electron chi connectivity index (χ3n) is 21.4. The number of anilines is 8. The molecule has 0 radical (unpaired) electrons. The number of aliphatic hydroxyl groups is 1. The first kappa shape index (κ1) is 79.5.